The second-order valence-corrected chi connectivity index (χ2v) is 3.35. The van der Waals surface area contributed by atoms with Crippen LogP contribution in [0.25, 0.3) is 0 Å². The molecular formula is C12H9N3O. The second kappa shape index (κ2) is 4.41. The topological polar surface area (TPSA) is 58.7 Å². The van der Waals surface area contributed by atoms with E-state index < -0.39 is 0 Å². The minimum Gasteiger partial charge on any atom is -0.311 e. The predicted molar refractivity (Wildman–Crippen MR) is 58.8 cm³/mol. The number of rotatable bonds is 2. The Morgan fingerprint density at radius 2 is 2.31 bits per heavy atom. The van der Waals surface area contributed by atoms with Crippen LogP contribution in [0.5, 0.6) is 0 Å². The van der Waals surface area contributed by atoms with Gasteiger partial charge in [-0.1, -0.05) is 6.07 Å². The Bertz CT molecular complexity index is 581. The highest BCUT2D eigenvalue weighted by atomic mass is 16.1. The first-order valence-corrected chi connectivity index (χ1v) is 4.79. The van der Waals surface area contributed by atoms with Gasteiger partial charge < -0.3 is 4.57 Å². The molecule has 0 saturated heterocycles. The van der Waals surface area contributed by atoms with Crippen LogP contribution in [0, 0.1) is 11.3 Å². The van der Waals surface area contributed by atoms with E-state index in [-0.39, 0.29) is 5.56 Å². The molecule has 0 aliphatic heterocycles. The Kier molecular flexibility index (Phi) is 2.79. The molecule has 0 spiro atoms. The van der Waals surface area contributed by atoms with Crippen molar-refractivity contribution in [2.24, 2.45) is 0 Å². The van der Waals surface area contributed by atoms with Gasteiger partial charge in [0, 0.05) is 24.7 Å². The third-order valence-corrected chi connectivity index (χ3v) is 2.20. The van der Waals surface area contributed by atoms with E-state index in [9.17, 15) is 4.79 Å². The Labute approximate surface area is 92.4 Å². The van der Waals surface area contributed by atoms with E-state index >= 15 is 0 Å². The quantitative estimate of drug-likeness (QED) is 0.749. The molecule has 2 aromatic heterocycles. The van der Waals surface area contributed by atoms with E-state index in [0.717, 1.165) is 5.56 Å². The molecule has 0 saturated carbocycles. The molecule has 0 aromatic carbocycles. The summed E-state index contributed by atoms with van der Waals surface area (Å²) in [5.74, 6) is 0. The van der Waals surface area contributed by atoms with Crippen molar-refractivity contribution >= 4 is 0 Å². The molecule has 0 aliphatic rings. The van der Waals surface area contributed by atoms with Gasteiger partial charge in [-0.15, -0.1) is 0 Å². The minimum atomic E-state index is -0.178. The maximum absolute atomic E-state index is 11.6. The molecule has 2 aromatic rings. The second-order valence-electron chi connectivity index (χ2n) is 3.35. The highest BCUT2D eigenvalue weighted by molar-refractivity contribution is 5.26. The molecule has 0 atom stereocenters. The van der Waals surface area contributed by atoms with Crippen LogP contribution in [-0.2, 0) is 6.54 Å². The number of nitriles is 1. The third-order valence-electron chi connectivity index (χ3n) is 2.20. The summed E-state index contributed by atoms with van der Waals surface area (Å²) in [5, 5.41) is 8.63. The van der Waals surface area contributed by atoms with Crippen molar-refractivity contribution in [1.29, 1.82) is 5.26 Å². The van der Waals surface area contributed by atoms with Crippen LogP contribution >= 0.6 is 0 Å². The van der Waals surface area contributed by atoms with E-state index in [1.54, 1.807) is 24.7 Å². The maximum atomic E-state index is 11.6. The molecule has 0 radical (unpaired) electrons. The predicted octanol–water partition coefficient (Wildman–Crippen LogP) is 1.16. The number of hydrogen-bond donors (Lipinski definition) is 0. The Morgan fingerprint density at radius 3 is 2.94 bits per heavy atom. The molecule has 0 N–H and O–H groups in total. The zero-order chi connectivity index (χ0) is 11.4. The zero-order valence-electron chi connectivity index (χ0n) is 8.50. The summed E-state index contributed by atoms with van der Waals surface area (Å²) in [5.41, 5.74) is 1.16. The molecule has 4 heteroatoms. The summed E-state index contributed by atoms with van der Waals surface area (Å²) < 4.78 is 1.54. The summed E-state index contributed by atoms with van der Waals surface area (Å²) in [6, 6.07) is 8.61. The lowest BCUT2D eigenvalue weighted by atomic mass is 10.2. The summed E-state index contributed by atoms with van der Waals surface area (Å²) in [6.45, 7) is 0.471. The highest BCUT2D eigenvalue weighted by Crippen LogP contribution is 1.99. The van der Waals surface area contributed by atoms with Crippen LogP contribution in [0.15, 0.2) is 47.7 Å². The fourth-order valence-electron chi connectivity index (χ4n) is 1.40. The zero-order valence-corrected chi connectivity index (χ0v) is 8.50. The van der Waals surface area contributed by atoms with Gasteiger partial charge in [-0.3, -0.25) is 9.78 Å². The first-order valence-electron chi connectivity index (χ1n) is 4.79. The largest absolute Gasteiger partial charge is 0.311 e. The smallest absolute Gasteiger partial charge is 0.252 e. The number of aromatic nitrogens is 2. The van der Waals surface area contributed by atoms with Crippen molar-refractivity contribution in [3.8, 4) is 6.07 Å². The van der Waals surface area contributed by atoms with Crippen molar-refractivity contribution in [1.82, 2.24) is 9.55 Å². The standard InChI is InChI=1S/C12H9N3O/c13-7-10-3-5-15(12(16)6-10)9-11-2-1-4-14-8-11/h1-6,8H,9H2. The number of hydrogen-bond acceptors (Lipinski definition) is 3. The van der Waals surface area contributed by atoms with Gasteiger partial charge in [-0.2, -0.15) is 5.26 Å². The molecule has 0 unspecified atom stereocenters. The first kappa shape index (κ1) is 10.1. The van der Waals surface area contributed by atoms with Gasteiger partial charge in [-0.05, 0) is 17.7 Å². The lowest BCUT2D eigenvalue weighted by Crippen LogP contribution is -2.19. The Balaban J connectivity index is 2.30. The van der Waals surface area contributed by atoms with Gasteiger partial charge in [0.1, 0.15) is 0 Å². The van der Waals surface area contributed by atoms with Gasteiger partial charge in [-0.25, -0.2) is 0 Å². The maximum Gasteiger partial charge on any atom is 0.252 e. The molecule has 0 bridgehead atoms. The van der Waals surface area contributed by atoms with Crippen molar-refractivity contribution in [3.05, 3.63) is 64.3 Å². The van der Waals surface area contributed by atoms with Crippen LogP contribution < -0.4 is 5.56 Å². The Morgan fingerprint density at radius 1 is 1.44 bits per heavy atom. The summed E-state index contributed by atoms with van der Waals surface area (Å²) in [4.78, 5) is 15.6. The van der Waals surface area contributed by atoms with Gasteiger partial charge >= 0.3 is 0 Å². The van der Waals surface area contributed by atoms with E-state index in [2.05, 4.69) is 4.98 Å². The summed E-state index contributed by atoms with van der Waals surface area (Å²) in [6.07, 6.45) is 5.02. The van der Waals surface area contributed by atoms with Gasteiger partial charge in [0.2, 0.25) is 0 Å². The first-order chi connectivity index (χ1) is 7.79. The van der Waals surface area contributed by atoms with Gasteiger partial charge in [0.25, 0.3) is 5.56 Å². The normalized spacial score (nSPS) is 9.69. The fourth-order valence-corrected chi connectivity index (χ4v) is 1.40. The molecule has 2 rings (SSSR count). The van der Waals surface area contributed by atoms with Crippen LogP contribution in [0.3, 0.4) is 0 Å². The monoisotopic (exact) mass is 211 g/mol. The van der Waals surface area contributed by atoms with Crippen molar-refractivity contribution in [3.63, 3.8) is 0 Å². The molecule has 4 nitrogen and oxygen atoms in total. The van der Waals surface area contributed by atoms with Crippen LogP contribution in [0.2, 0.25) is 0 Å². The van der Waals surface area contributed by atoms with Crippen LogP contribution in [0.1, 0.15) is 11.1 Å². The molecule has 0 amide bonds. The third kappa shape index (κ3) is 2.15. The molecule has 78 valence electrons. The summed E-state index contributed by atoms with van der Waals surface area (Å²) in [7, 11) is 0. The van der Waals surface area contributed by atoms with E-state index in [1.807, 2.05) is 18.2 Å². The molecule has 16 heavy (non-hydrogen) atoms. The van der Waals surface area contributed by atoms with Crippen molar-refractivity contribution in [2.75, 3.05) is 0 Å². The lowest BCUT2D eigenvalue weighted by Gasteiger charge is -2.04. The van der Waals surface area contributed by atoms with Crippen molar-refractivity contribution in [2.45, 2.75) is 6.54 Å². The molecule has 0 aliphatic carbocycles. The Hall–Kier alpha value is -2.41. The van der Waals surface area contributed by atoms with Crippen LogP contribution in [0.4, 0.5) is 0 Å². The van der Waals surface area contributed by atoms with Crippen LogP contribution in [-0.4, -0.2) is 9.55 Å². The minimum absolute atomic E-state index is 0.178. The van der Waals surface area contributed by atoms with Gasteiger partial charge in [0.15, 0.2) is 0 Å². The molecule has 0 fully saturated rings. The van der Waals surface area contributed by atoms with E-state index in [4.69, 9.17) is 5.26 Å². The molecular weight excluding hydrogens is 202 g/mol. The summed E-state index contributed by atoms with van der Waals surface area (Å²) >= 11 is 0. The van der Waals surface area contributed by atoms with E-state index in [0.29, 0.717) is 12.1 Å². The molecule has 2 heterocycles. The van der Waals surface area contributed by atoms with Crippen molar-refractivity contribution < 1.29 is 0 Å². The SMILES string of the molecule is N#Cc1ccn(Cc2cccnc2)c(=O)c1. The van der Waals surface area contributed by atoms with Gasteiger partial charge in [0.05, 0.1) is 18.2 Å². The van der Waals surface area contributed by atoms with E-state index in [1.165, 1.54) is 10.6 Å². The average molecular weight is 211 g/mol. The highest BCUT2D eigenvalue weighted by Gasteiger charge is 1.99. The fraction of sp³-hybridized carbons (Fsp3) is 0.0833. The average Bonchev–Trinajstić information content (AvgIpc) is 2.33. The number of pyridine rings is 2. The number of nitrogens with zero attached hydrogens (tertiary/aromatic N) is 3. The lowest BCUT2D eigenvalue weighted by molar-refractivity contribution is 0.755.